The zero-order valence-corrected chi connectivity index (χ0v) is 13.6. The fourth-order valence-corrected chi connectivity index (χ4v) is 4.91. The van der Waals surface area contributed by atoms with E-state index in [1.54, 1.807) is 21.8 Å². The molecule has 1 aliphatic carbocycles. The van der Waals surface area contributed by atoms with Gasteiger partial charge in [-0.3, -0.25) is 0 Å². The Morgan fingerprint density at radius 3 is 3.10 bits per heavy atom. The highest BCUT2D eigenvalue weighted by atomic mass is 32.2. The summed E-state index contributed by atoms with van der Waals surface area (Å²) in [5.41, 5.74) is 0. The molecule has 118 valence electrons. The number of nitrogens with zero attached hydrogens (tertiary/aromatic N) is 2. The van der Waals surface area contributed by atoms with Gasteiger partial charge in [-0.05, 0) is 12.8 Å². The van der Waals surface area contributed by atoms with Crippen molar-refractivity contribution >= 4 is 21.4 Å². The van der Waals surface area contributed by atoms with Gasteiger partial charge >= 0.3 is 0 Å². The number of morpholine rings is 1. The first-order chi connectivity index (χ1) is 10.1. The first-order valence-corrected chi connectivity index (χ1v) is 9.83. The van der Waals surface area contributed by atoms with Crippen LogP contribution in [0.1, 0.15) is 17.8 Å². The molecule has 3 atom stereocenters. The highest BCUT2D eigenvalue weighted by Gasteiger charge is 2.45. The first-order valence-electron chi connectivity index (χ1n) is 7.10. The molecule has 2 fully saturated rings. The third-order valence-electron chi connectivity index (χ3n) is 4.14. The summed E-state index contributed by atoms with van der Waals surface area (Å²) in [7, 11) is -3.16. The number of hydrogen-bond acceptors (Lipinski definition) is 6. The molecule has 0 N–H and O–H groups in total. The van der Waals surface area contributed by atoms with Crippen LogP contribution in [-0.2, 0) is 26.1 Å². The molecular weight excluding hydrogens is 312 g/mol. The van der Waals surface area contributed by atoms with Gasteiger partial charge in [0.25, 0.3) is 0 Å². The van der Waals surface area contributed by atoms with E-state index in [0.717, 1.165) is 17.8 Å². The molecule has 1 saturated carbocycles. The van der Waals surface area contributed by atoms with Crippen LogP contribution in [0.2, 0.25) is 0 Å². The molecule has 1 saturated heterocycles. The van der Waals surface area contributed by atoms with Crippen LogP contribution in [0.3, 0.4) is 0 Å². The van der Waals surface area contributed by atoms with Crippen molar-refractivity contribution < 1.29 is 17.9 Å². The minimum absolute atomic E-state index is 0.0257. The van der Waals surface area contributed by atoms with Crippen LogP contribution in [-0.4, -0.2) is 55.9 Å². The van der Waals surface area contributed by atoms with Gasteiger partial charge in [-0.15, -0.1) is 11.3 Å². The predicted octanol–water partition coefficient (Wildman–Crippen LogP) is 1.10. The van der Waals surface area contributed by atoms with Crippen molar-refractivity contribution in [3.63, 3.8) is 0 Å². The molecule has 2 aliphatic rings. The van der Waals surface area contributed by atoms with Crippen LogP contribution in [0.15, 0.2) is 11.6 Å². The van der Waals surface area contributed by atoms with Crippen molar-refractivity contribution in [1.82, 2.24) is 9.29 Å². The third-order valence-corrected chi connectivity index (χ3v) is 6.19. The van der Waals surface area contributed by atoms with E-state index in [1.807, 2.05) is 5.38 Å². The minimum Gasteiger partial charge on any atom is -0.375 e. The fourth-order valence-electron chi connectivity index (χ4n) is 3.24. The molecule has 0 amide bonds. The summed E-state index contributed by atoms with van der Waals surface area (Å²) in [4.78, 5) is 4.18. The Morgan fingerprint density at radius 2 is 2.38 bits per heavy atom. The highest BCUT2D eigenvalue weighted by Crippen LogP contribution is 2.36. The molecule has 0 aromatic carbocycles. The molecular formula is C13H20N2O4S2. The number of fused-ring (bicyclic) bond motifs is 1. The van der Waals surface area contributed by atoms with Crippen LogP contribution in [0.25, 0.3) is 0 Å². The second kappa shape index (κ2) is 6.29. The van der Waals surface area contributed by atoms with Gasteiger partial charge in [-0.25, -0.2) is 13.4 Å². The Kier molecular flexibility index (Phi) is 4.60. The zero-order chi connectivity index (χ0) is 14.9. The average molecular weight is 332 g/mol. The van der Waals surface area contributed by atoms with Gasteiger partial charge in [-0.2, -0.15) is 4.31 Å². The lowest BCUT2D eigenvalue weighted by Gasteiger charge is -2.37. The molecule has 1 aromatic heterocycles. The van der Waals surface area contributed by atoms with Gasteiger partial charge in [0.05, 0.1) is 38.2 Å². The number of aromatic nitrogens is 1. The van der Waals surface area contributed by atoms with E-state index in [2.05, 4.69) is 4.98 Å². The van der Waals surface area contributed by atoms with Crippen molar-refractivity contribution in [2.45, 2.75) is 31.6 Å². The second-order valence-corrected chi connectivity index (χ2v) is 8.47. The lowest BCUT2D eigenvalue weighted by molar-refractivity contribution is -0.0638. The summed E-state index contributed by atoms with van der Waals surface area (Å²) < 4.78 is 36.8. The molecule has 8 heteroatoms. The van der Waals surface area contributed by atoms with Gasteiger partial charge in [0.1, 0.15) is 5.01 Å². The maximum atomic E-state index is 11.8. The van der Waals surface area contributed by atoms with Gasteiger partial charge in [0.15, 0.2) is 0 Å². The molecule has 3 rings (SSSR count). The molecule has 6 nitrogen and oxygen atoms in total. The van der Waals surface area contributed by atoms with E-state index in [4.69, 9.17) is 9.47 Å². The summed E-state index contributed by atoms with van der Waals surface area (Å²) in [5.74, 6) is 0.263. The second-order valence-electron chi connectivity index (χ2n) is 5.55. The van der Waals surface area contributed by atoms with E-state index in [-0.39, 0.29) is 18.1 Å². The Bertz CT molecular complexity index is 561. The van der Waals surface area contributed by atoms with Crippen LogP contribution in [0.4, 0.5) is 0 Å². The van der Waals surface area contributed by atoms with Gasteiger partial charge in [0.2, 0.25) is 10.0 Å². The molecule has 1 aromatic rings. The summed E-state index contributed by atoms with van der Waals surface area (Å²) >= 11 is 1.58. The number of sulfonamides is 1. The van der Waals surface area contributed by atoms with Crippen LogP contribution in [0, 0.1) is 5.92 Å². The maximum Gasteiger partial charge on any atom is 0.211 e. The van der Waals surface area contributed by atoms with E-state index in [1.165, 1.54) is 6.26 Å². The van der Waals surface area contributed by atoms with Crippen LogP contribution in [0.5, 0.6) is 0 Å². The maximum absolute atomic E-state index is 11.8. The van der Waals surface area contributed by atoms with Crippen molar-refractivity contribution in [1.29, 1.82) is 0 Å². The number of hydrogen-bond donors (Lipinski definition) is 0. The Hall–Kier alpha value is -0.540. The monoisotopic (exact) mass is 332 g/mol. The SMILES string of the molecule is CS(=O)(=O)N1CCO[C@@H]2[C@H](COCc3nccs3)CC[C@@H]21. The topological polar surface area (TPSA) is 68.7 Å². The Balaban J connectivity index is 1.57. The molecule has 1 aliphatic heterocycles. The van der Waals surface area contributed by atoms with E-state index in [0.29, 0.717) is 26.4 Å². The molecule has 0 bridgehead atoms. The highest BCUT2D eigenvalue weighted by molar-refractivity contribution is 7.88. The van der Waals surface area contributed by atoms with Crippen LogP contribution >= 0.6 is 11.3 Å². The molecule has 0 spiro atoms. The predicted molar refractivity (Wildman–Crippen MR) is 79.6 cm³/mol. The third kappa shape index (κ3) is 3.45. The number of thiazole rings is 1. The van der Waals surface area contributed by atoms with Crippen LogP contribution < -0.4 is 0 Å². The van der Waals surface area contributed by atoms with Crippen molar-refractivity contribution in [3.05, 3.63) is 16.6 Å². The Morgan fingerprint density at radius 1 is 1.52 bits per heavy atom. The van der Waals surface area contributed by atoms with Crippen molar-refractivity contribution in [2.24, 2.45) is 5.92 Å². The van der Waals surface area contributed by atoms with Gasteiger partial charge < -0.3 is 9.47 Å². The fraction of sp³-hybridized carbons (Fsp3) is 0.769. The van der Waals surface area contributed by atoms with Gasteiger partial charge in [0, 0.05) is 24.0 Å². The first kappa shape index (κ1) is 15.4. The van der Waals surface area contributed by atoms with E-state index >= 15 is 0 Å². The quantitative estimate of drug-likeness (QED) is 0.808. The summed E-state index contributed by atoms with van der Waals surface area (Å²) in [5, 5.41) is 2.89. The molecule has 0 radical (unpaired) electrons. The van der Waals surface area contributed by atoms with E-state index in [9.17, 15) is 8.42 Å². The lowest BCUT2D eigenvalue weighted by atomic mass is 10.1. The standard InChI is InChI=1S/C13H20N2O4S2/c1-21(16,17)15-5-6-19-13-10(2-3-11(13)15)8-18-9-12-14-4-7-20-12/h4,7,10-11,13H,2-3,5-6,8-9H2,1H3/t10-,11-,13+/m0/s1. The number of rotatable bonds is 5. The van der Waals surface area contributed by atoms with Crippen molar-refractivity contribution in [2.75, 3.05) is 26.0 Å². The Labute approximate surface area is 129 Å². The largest absolute Gasteiger partial charge is 0.375 e. The summed E-state index contributed by atoms with van der Waals surface area (Å²) in [6.45, 7) is 2.05. The molecule has 2 heterocycles. The normalized spacial score (nSPS) is 30.4. The lowest BCUT2D eigenvalue weighted by Crippen LogP contribution is -2.52. The van der Waals surface area contributed by atoms with Gasteiger partial charge in [-0.1, -0.05) is 0 Å². The number of ether oxygens (including phenoxy) is 2. The average Bonchev–Trinajstić information content (AvgIpc) is 3.07. The van der Waals surface area contributed by atoms with E-state index < -0.39 is 10.0 Å². The smallest absolute Gasteiger partial charge is 0.211 e. The van der Waals surface area contributed by atoms with Crippen molar-refractivity contribution in [3.8, 4) is 0 Å². The zero-order valence-electron chi connectivity index (χ0n) is 12.0. The molecule has 0 unspecified atom stereocenters. The summed E-state index contributed by atoms with van der Waals surface area (Å²) in [6, 6.07) is -0.0257. The minimum atomic E-state index is -3.16. The summed E-state index contributed by atoms with van der Waals surface area (Å²) in [6.07, 6.45) is 4.80. The molecule has 21 heavy (non-hydrogen) atoms.